The van der Waals surface area contributed by atoms with E-state index in [9.17, 15) is 0 Å². The van der Waals surface area contributed by atoms with E-state index in [0.29, 0.717) is 23.4 Å². The van der Waals surface area contributed by atoms with Gasteiger partial charge >= 0.3 is 0 Å². The van der Waals surface area contributed by atoms with Crippen LogP contribution in [0.3, 0.4) is 0 Å². The maximum absolute atomic E-state index is 6.23. The summed E-state index contributed by atoms with van der Waals surface area (Å²) in [5.41, 5.74) is 2.05. The number of nitrogens with one attached hydrogen (secondary N) is 1. The quantitative estimate of drug-likeness (QED) is 0.887. The van der Waals surface area contributed by atoms with Crippen molar-refractivity contribution in [1.82, 2.24) is 20.1 Å². The second kappa shape index (κ2) is 6.16. The van der Waals surface area contributed by atoms with Gasteiger partial charge in [0.05, 0.1) is 16.4 Å². The van der Waals surface area contributed by atoms with E-state index >= 15 is 0 Å². The van der Waals surface area contributed by atoms with Gasteiger partial charge in [0, 0.05) is 18.7 Å². The zero-order chi connectivity index (χ0) is 14.8. The molecule has 1 fully saturated rings. The minimum atomic E-state index is 0.610. The van der Waals surface area contributed by atoms with Crippen molar-refractivity contribution in [3.8, 4) is 5.82 Å². The van der Waals surface area contributed by atoms with E-state index < -0.39 is 0 Å². The average molecular weight is 305 g/mol. The summed E-state index contributed by atoms with van der Waals surface area (Å²) in [5, 5.41) is 8.69. The van der Waals surface area contributed by atoms with Crippen LogP contribution < -0.4 is 5.32 Å². The van der Waals surface area contributed by atoms with Gasteiger partial charge in [-0.15, -0.1) is 0 Å². The Balaban J connectivity index is 1.75. The SMILES string of the molecule is CC(C)CNCc1nc(-n2ccc(C3CC3)n2)ccc1Cl. The van der Waals surface area contributed by atoms with Crippen molar-refractivity contribution < 1.29 is 0 Å². The van der Waals surface area contributed by atoms with E-state index in [0.717, 1.165) is 18.1 Å². The average Bonchev–Trinajstić information content (AvgIpc) is 3.18. The molecule has 1 N–H and O–H groups in total. The Hall–Kier alpha value is -1.39. The zero-order valence-corrected chi connectivity index (χ0v) is 13.3. The van der Waals surface area contributed by atoms with Crippen LogP contribution in [0.4, 0.5) is 0 Å². The molecule has 0 aromatic carbocycles. The van der Waals surface area contributed by atoms with Crippen molar-refractivity contribution in [2.75, 3.05) is 6.54 Å². The molecule has 3 rings (SSSR count). The minimum absolute atomic E-state index is 0.610. The molecule has 0 saturated heterocycles. The highest BCUT2D eigenvalue weighted by Crippen LogP contribution is 2.39. The van der Waals surface area contributed by atoms with Crippen LogP contribution in [0.2, 0.25) is 5.02 Å². The molecule has 4 nitrogen and oxygen atoms in total. The van der Waals surface area contributed by atoms with E-state index in [4.69, 9.17) is 11.6 Å². The van der Waals surface area contributed by atoms with Crippen molar-refractivity contribution in [2.45, 2.75) is 39.2 Å². The van der Waals surface area contributed by atoms with Gasteiger partial charge in [-0.2, -0.15) is 5.10 Å². The second-order valence-electron chi connectivity index (χ2n) is 6.08. The first-order chi connectivity index (χ1) is 10.1. The lowest BCUT2D eigenvalue weighted by molar-refractivity contribution is 0.547. The van der Waals surface area contributed by atoms with E-state index in [1.165, 1.54) is 18.5 Å². The number of pyridine rings is 1. The second-order valence-corrected chi connectivity index (χ2v) is 6.49. The van der Waals surface area contributed by atoms with Crippen LogP contribution in [-0.4, -0.2) is 21.3 Å². The Morgan fingerprint density at radius 2 is 2.14 bits per heavy atom. The van der Waals surface area contributed by atoms with Gasteiger partial charge in [-0.1, -0.05) is 25.4 Å². The van der Waals surface area contributed by atoms with E-state index in [1.807, 2.05) is 23.0 Å². The van der Waals surface area contributed by atoms with Crippen LogP contribution in [0.1, 0.15) is 44.0 Å². The van der Waals surface area contributed by atoms with Crippen molar-refractivity contribution >= 4 is 11.6 Å². The van der Waals surface area contributed by atoms with Crippen molar-refractivity contribution in [3.63, 3.8) is 0 Å². The van der Waals surface area contributed by atoms with Crippen LogP contribution in [0, 0.1) is 5.92 Å². The smallest absolute Gasteiger partial charge is 0.153 e. The normalized spacial score (nSPS) is 14.9. The Morgan fingerprint density at radius 1 is 1.33 bits per heavy atom. The number of hydrogen-bond donors (Lipinski definition) is 1. The molecule has 0 bridgehead atoms. The van der Waals surface area contributed by atoms with Gasteiger partial charge in [0.25, 0.3) is 0 Å². The molecule has 0 atom stereocenters. The van der Waals surface area contributed by atoms with E-state index in [1.54, 1.807) is 0 Å². The Morgan fingerprint density at radius 3 is 2.86 bits per heavy atom. The van der Waals surface area contributed by atoms with Crippen molar-refractivity contribution in [3.05, 3.63) is 40.8 Å². The molecule has 0 amide bonds. The molecule has 0 unspecified atom stereocenters. The van der Waals surface area contributed by atoms with Gasteiger partial charge in [0.2, 0.25) is 0 Å². The fraction of sp³-hybridized carbons (Fsp3) is 0.500. The molecule has 2 aromatic heterocycles. The predicted molar refractivity (Wildman–Crippen MR) is 84.9 cm³/mol. The van der Waals surface area contributed by atoms with E-state index in [2.05, 4.69) is 35.3 Å². The fourth-order valence-corrected chi connectivity index (χ4v) is 2.44. The standard InChI is InChI=1S/C16H21ClN4/c1-11(2)9-18-10-15-13(17)5-6-16(19-15)21-8-7-14(20-21)12-3-4-12/h5-8,11-12,18H,3-4,9-10H2,1-2H3. The summed E-state index contributed by atoms with van der Waals surface area (Å²) < 4.78 is 1.84. The molecule has 0 spiro atoms. The number of nitrogens with zero attached hydrogens (tertiary/aromatic N) is 3. The summed E-state index contributed by atoms with van der Waals surface area (Å²) in [6, 6.07) is 5.90. The third kappa shape index (κ3) is 3.63. The lowest BCUT2D eigenvalue weighted by atomic mass is 10.2. The van der Waals surface area contributed by atoms with Crippen molar-refractivity contribution in [1.29, 1.82) is 0 Å². The third-order valence-corrected chi connectivity index (χ3v) is 3.93. The summed E-state index contributed by atoms with van der Waals surface area (Å²) in [6.07, 6.45) is 4.50. The Bertz CT molecular complexity index is 616. The topological polar surface area (TPSA) is 42.7 Å². The van der Waals surface area contributed by atoms with Gasteiger partial charge in [-0.05, 0) is 43.5 Å². The third-order valence-electron chi connectivity index (χ3n) is 3.59. The van der Waals surface area contributed by atoms with Crippen LogP contribution >= 0.6 is 11.6 Å². The maximum atomic E-state index is 6.23. The van der Waals surface area contributed by atoms with Gasteiger partial charge < -0.3 is 5.32 Å². The van der Waals surface area contributed by atoms with Gasteiger partial charge in [0.1, 0.15) is 0 Å². The van der Waals surface area contributed by atoms with Gasteiger partial charge in [-0.25, -0.2) is 9.67 Å². The van der Waals surface area contributed by atoms with Crippen molar-refractivity contribution in [2.24, 2.45) is 5.92 Å². The molecule has 5 heteroatoms. The Kier molecular flexibility index (Phi) is 4.27. The van der Waals surface area contributed by atoms with Crippen LogP contribution in [0.15, 0.2) is 24.4 Å². The number of rotatable bonds is 6. The largest absolute Gasteiger partial charge is 0.311 e. The number of hydrogen-bond acceptors (Lipinski definition) is 3. The summed E-state index contributed by atoms with van der Waals surface area (Å²) >= 11 is 6.23. The molecule has 0 radical (unpaired) electrons. The molecular formula is C16H21ClN4. The predicted octanol–water partition coefficient (Wildman–Crippen LogP) is 3.54. The number of aromatic nitrogens is 3. The summed E-state index contributed by atoms with van der Waals surface area (Å²) in [6.45, 7) is 6.00. The molecule has 2 aromatic rings. The van der Waals surface area contributed by atoms with Crippen LogP contribution in [0.25, 0.3) is 5.82 Å². The molecule has 1 saturated carbocycles. The highest BCUT2D eigenvalue weighted by atomic mass is 35.5. The molecule has 112 valence electrons. The molecule has 0 aliphatic heterocycles. The summed E-state index contributed by atoms with van der Waals surface area (Å²) in [5.74, 6) is 2.09. The number of halogens is 1. The van der Waals surface area contributed by atoms with Gasteiger partial charge in [-0.3, -0.25) is 0 Å². The van der Waals surface area contributed by atoms with Gasteiger partial charge in [0.15, 0.2) is 5.82 Å². The van der Waals surface area contributed by atoms with Crippen LogP contribution in [0.5, 0.6) is 0 Å². The van der Waals surface area contributed by atoms with Crippen LogP contribution in [-0.2, 0) is 6.54 Å². The molecule has 1 aliphatic carbocycles. The molecule has 1 aliphatic rings. The first-order valence-corrected chi connectivity index (χ1v) is 7.93. The lowest BCUT2D eigenvalue weighted by Gasteiger charge is -2.10. The summed E-state index contributed by atoms with van der Waals surface area (Å²) in [4.78, 5) is 4.64. The fourth-order valence-electron chi connectivity index (χ4n) is 2.27. The first-order valence-electron chi connectivity index (χ1n) is 7.55. The zero-order valence-electron chi connectivity index (χ0n) is 12.5. The van der Waals surface area contributed by atoms with E-state index in [-0.39, 0.29) is 0 Å². The monoisotopic (exact) mass is 304 g/mol. The molecular weight excluding hydrogens is 284 g/mol. The highest BCUT2D eigenvalue weighted by molar-refractivity contribution is 6.31. The first kappa shape index (κ1) is 14.5. The summed E-state index contributed by atoms with van der Waals surface area (Å²) in [7, 11) is 0. The lowest BCUT2D eigenvalue weighted by Crippen LogP contribution is -2.20. The maximum Gasteiger partial charge on any atom is 0.153 e. The Labute approximate surface area is 130 Å². The highest BCUT2D eigenvalue weighted by Gasteiger charge is 2.26. The minimum Gasteiger partial charge on any atom is -0.311 e. The molecule has 21 heavy (non-hydrogen) atoms. The molecule has 2 heterocycles.